The van der Waals surface area contributed by atoms with Gasteiger partial charge >= 0.3 is 0 Å². The lowest BCUT2D eigenvalue weighted by molar-refractivity contribution is -0.125. The van der Waals surface area contributed by atoms with Crippen LogP contribution in [0.5, 0.6) is 5.95 Å². The molecule has 3 amide bonds. The molecule has 1 aromatic rings. The van der Waals surface area contributed by atoms with E-state index < -0.39 is 30.5 Å². The third-order valence-corrected chi connectivity index (χ3v) is 3.72. The van der Waals surface area contributed by atoms with Crippen LogP contribution >= 0.6 is 0 Å². The molecule has 24 heavy (non-hydrogen) atoms. The van der Waals surface area contributed by atoms with Crippen LogP contribution < -0.4 is 15.4 Å². The van der Waals surface area contributed by atoms with Crippen LogP contribution in [0, 0.1) is 0 Å². The van der Waals surface area contributed by atoms with Gasteiger partial charge in [-0.25, -0.2) is 0 Å². The molecule has 1 aliphatic heterocycles. The largest absolute Gasteiger partial charge is 0.468 e. The number of carbonyl (C=O) groups excluding carboxylic acids is 3. The summed E-state index contributed by atoms with van der Waals surface area (Å²) in [6.07, 6.45) is 0.265. The fourth-order valence-corrected chi connectivity index (χ4v) is 2.67. The van der Waals surface area contributed by atoms with Gasteiger partial charge in [0.2, 0.25) is 11.8 Å². The standard InChI is InChI=1S/C15H21N3O6/c1-3-16-14(21)10-6-9(17-12(20)8-19)7-18(10)15(22)11-4-5-13(23-2)24-11/h4-5,9-10,19H,3,6-8H2,1-2H3,(H,16,21)(H,17,20)/t9-,10+/m1/s1. The van der Waals surface area contributed by atoms with Crippen molar-refractivity contribution in [3.05, 3.63) is 17.9 Å². The summed E-state index contributed by atoms with van der Waals surface area (Å²) in [4.78, 5) is 37.6. The average molecular weight is 339 g/mol. The second kappa shape index (κ2) is 7.82. The van der Waals surface area contributed by atoms with E-state index in [1.165, 1.54) is 24.1 Å². The van der Waals surface area contributed by atoms with Crippen LogP contribution in [0.25, 0.3) is 0 Å². The molecule has 2 atom stereocenters. The molecule has 1 aromatic heterocycles. The minimum atomic E-state index is -0.725. The number of aliphatic hydroxyl groups is 1. The number of aliphatic hydroxyl groups excluding tert-OH is 1. The zero-order valence-electron chi connectivity index (χ0n) is 13.6. The Balaban J connectivity index is 2.17. The van der Waals surface area contributed by atoms with Crippen LogP contribution in [-0.4, -0.2) is 66.6 Å². The van der Waals surface area contributed by atoms with E-state index in [1.807, 2.05) is 0 Å². The summed E-state index contributed by atoms with van der Waals surface area (Å²) in [7, 11) is 1.42. The third kappa shape index (κ3) is 3.85. The van der Waals surface area contributed by atoms with Gasteiger partial charge in [0.25, 0.3) is 11.9 Å². The van der Waals surface area contributed by atoms with Crippen molar-refractivity contribution in [3.63, 3.8) is 0 Å². The normalized spacial score (nSPS) is 19.9. The first-order valence-corrected chi connectivity index (χ1v) is 7.62. The van der Waals surface area contributed by atoms with Gasteiger partial charge < -0.3 is 29.8 Å². The van der Waals surface area contributed by atoms with Crippen molar-refractivity contribution in [1.82, 2.24) is 15.5 Å². The molecular weight excluding hydrogens is 318 g/mol. The number of hydrogen-bond donors (Lipinski definition) is 3. The molecule has 1 fully saturated rings. The maximum atomic E-state index is 12.6. The summed E-state index contributed by atoms with van der Waals surface area (Å²) < 4.78 is 10.2. The lowest BCUT2D eigenvalue weighted by Gasteiger charge is -2.22. The zero-order valence-corrected chi connectivity index (χ0v) is 13.6. The number of likely N-dealkylation sites (tertiary alicyclic amines) is 1. The Kier molecular flexibility index (Phi) is 5.80. The molecule has 0 aromatic carbocycles. The number of furan rings is 1. The monoisotopic (exact) mass is 339 g/mol. The molecule has 0 bridgehead atoms. The Morgan fingerprint density at radius 3 is 2.75 bits per heavy atom. The van der Waals surface area contributed by atoms with Crippen LogP contribution in [0.1, 0.15) is 23.9 Å². The first kappa shape index (κ1) is 17.8. The SMILES string of the molecule is CCNC(=O)[C@@H]1C[C@@H](NC(=O)CO)CN1C(=O)c1ccc(OC)o1. The van der Waals surface area contributed by atoms with Crippen molar-refractivity contribution in [3.8, 4) is 5.95 Å². The van der Waals surface area contributed by atoms with Gasteiger partial charge in [0.1, 0.15) is 12.6 Å². The van der Waals surface area contributed by atoms with Crippen molar-refractivity contribution in [2.24, 2.45) is 0 Å². The van der Waals surface area contributed by atoms with Crippen molar-refractivity contribution in [1.29, 1.82) is 0 Å². The van der Waals surface area contributed by atoms with Gasteiger partial charge in [-0.2, -0.15) is 0 Å². The Morgan fingerprint density at radius 2 is 2.17 bits per heavy atom. The van der Waals surface area contributed by atoms with Crippen molar-refractivity contribution >= 4 is 17.7 Å². The minimum Gasteiger partial charge on any atom is -0.468 e. The molecule has 0 unspecified atom stereocenters. The molecule has 2 rings (SSSR count). The number of amides is 3. The van der Waals surface area contributed by atoms with Crippen molar-refractivity contribution < 1.29 is 28.6 Å². The molecule has 0 spiro atoms. The number of hydrogen-bond acceptors (Lipinski definition) is 6. The lowest BCUT2D eigenvalue weighted by atomic mass is 10.1. The number of ether oxygens (including phenoxy) is 1. The van der Waals surface area contributed by atoms with E-state index in [2.05, 4.69) is 10.6 Å². The van der Waals surface area contributed by atoms with E-state index in [4.69, 9.17) is 14.3 Å². The maximum absolute atomic E-state index is 12.6. The molecule has 0 aliphatic carbocycles. The molecule has 9 nitrogen and oxygen atoms in total. The van der Waals surface area contributed by atoms with Gasteiger partial charge in [-0.3, -0.25) is 14.4 Å². The van der Waals surface area contributed by atoms with Crippen LogP contribution in [0.3, 0.4) is 0 Å². The van der Waals surface area contributed by atoms with Gasteiger partial charge in [-0.15, -0.1) is 0 Å². The Morgan fingerprint density at radius 1 is 1.42 bits per heavy atom. The van der Waals surface area contributed by atoms with Gasteiger partial charge in [-0.1, -0.05) is 0 Å². The van der Waals surface area contributed by atoms with Gasteiger partial charge in [0, 0.05) is 25.2 Å². The topological polar surface area (TPSA) is 121 Å². The molecule has 0 radical (unpaired) electrons. The summed E-state index contributed by atoms with van der Waals surface area (Å²) in [6.45, 7) is 1.71. The fraction of sp³-hybridized carbons (Fsp3) is 0.533. The molecule has 0 saturated carbocycles. The van der Waals surface area contributed by atoms with Crippen LogP contribution in [0.4, 0.5) is 0 Å². The van der Waals surface area contributed by atoms with E-state index in [0.717, 1.165) is 0 Å². The predicted octanol–water partition coefficient (Wildman–Crippen LogP) is -0.884. The highest BCUT2D eigenvalue weighted by atomic mass is 16.6. The molecule has 1 saturated heterocycles. The van der Waals surface area contributed by atoms with E-state index >= 15 is 0 Å². The van der Waals surface area contributed by atoms with E-state index in [1.54, 1.807) is 6.92 Å². The molecule has 1 aliphatic rings. The third-order valence-electron chi connectivity index (χ3n) is 3.72. The highest BCUT2D eigenvalue weighted by Gasteiger charge is 2.41. The Hall–Kier alpha value is -2.55. The number of methoxy groups -OCH3 is 1. The number of nitrogens with zero attached hydrogens (tertiary/aromatic N) is 1. The van der Waals surface area contributed by atoms with E-state index in [9.17, 15) is 14.4 Å². The molecule has 3 N–H and O–H groups in total. The first-order chi connectivity index (χ1) is 11.5. The second-order valence-corrected chi connectivity index (χ2v) is 5.35. The molecule has 132 valence electrons. The summed E-state index contributed by atoms with van der Waals surface area (Å²) in [5, 5.41) is 14.1. The van der Waals surface area contributed by atoms with Gasteiger partial charge in [-0.05, 0) is 19.4 Å². The predicted molar refractivity (Wildman–Crippen MR) is 82.4 cm³/mol. The number of carbonyl (C=O) groups is 3. The van der Waals surface area contributed by atoms with Crippen molar-refractivity contribution in [2.75, 3.05) is 26.8 Å². The molecule has 2 heterocycles. The van der Waals surface area contributed by atoms with E-state index in [0.29, 0.717) is 6.54 Å². The Labute approximate surface area is 138 Å². The summed E-state index contributed by atoms with van der Waals surface area (Å²) in [5.41, 5.74) is 0. The lowest BCUT2D eigenvalue weighted by Crippen LogP contribution is -2.46. The summed E-state index contributed by atoms with van der Waals surface area (Å²) >= 11 is 0. The zero-order chi connectivity index (χ0) is 17.7. The summed E-state index contributed by atoms with van der Waals surface area (Å²) in [6, 6.07) is 1.83. The second-order valence-electron chi connectivity index (χ2n) is 5.35. The molecular formula is C15H21N3O6. The average Bonchev–Trinajstić information content (AvgIpc) is 3.21. The fourth-order valence-electron chi connectivity index (χ4n) is 2.67. The minimum absolute atomic E-state index is 0.0512. The smallest absolute Gasteiger partial charge is 0.290 e. The first-order valence-electron chi connectivity index (χ1n) is 7.62. The highest BCUT2D eigenvalue weighted by molar-refractivity contribution is 5.96. The maximum Gasteiger partial charge on any atom is 0.290 e. The highest BCUT2D eigenvalue weighted by Crippen LogP contribution is 2.24. The quantitative estimate of drug-likeness (QED) is 0.619. The number of likely N-dealkylation sites (N-methyl/N-ethyl adjacent to an activating group) is 1. The van der Waals surface area contributed by atoms with Crippen molar-refractivity contribution in [2.45, 2.75) is 25.4 Å². The van der Waals surface area contributed by atoms with Gasteiger partial charge in [0.05, 0.1) is 7.11 Å². The Bertz CT molecular complexity index is 614. The van der Waals surface area contributed by atoms with Crippen LogP contribution in [0.2, 0.25) is 0 Å². The van der Waals surface area contributed by atoms with Gasteiger partial charge in [0.15, 0.2) is 5.76 Å². The van der Waals surface area contributed by atoms with Crippen LogP contribution in [-0.2, 0) is 9.59 Å². The van der Waals surface area contributed by atoms with Crippen LogP contribution in [0.15, 0.2) is 16.5 Å². The summed E-state index contributed by atoms with van der Waals surface area (Å²) in [5.74, 6) is -1.07. The number of nitrogens with one attached hydrogen (secondary N) is 2. The van der Waals surface area contributed by atoms with E-state index in [-0.39, 0.29) is 30.6 Å². The number of rotatable bonds is 6. The molecule has 9 heteroatoms.